The highest BCUT2D eigenvalue weighted by atomic mass is 35.5. The number of carbonyl (C=O) groups excluding carboxylic acids is 2. The van der Waals surface area contributed by atoms with E-state index >= 15 is 4.79 Å². The summed E-state index contributed by atoms with van der Waals surface area (Å²) in [7, 11) is 0. The molecule has 2 aromatic heterocycles. The highest BCUT2D eigenvalue weighted by molar-refractivity contribution is 6.32. The minimum absolute atomic E-state index is 0.0353. The first kappa shape index (κ1) is 39.2. The van der Waals surface area contributed by atoms with E-state index in [0.29, 0.717) is 21.4 Å². The summed E-state index contributed by atoms with van der Waals surface area (Å²) in [6.45, 7) is 0.462. The van der Waals surface area contributed by atoms with Gasteiger partial charge in [0.1, 0.15) is 12.9 Å². The minimum Gasteiger partial charge on any atom is -0.463 e. The molecule has 2 fully saturated rings. The number of aliphatic imine (C=N–C) groups is 1. The van der Waals surface area contributed by atoms with Gasteiger partial charge < -0.3 is 10.5 Å². The Labute approximate surface area is 320 Å². The SMILES string of the molecule is CC(C)(C[C@]1(c2ccc(-c3cnn(C(F)F)c3)cc2)N=C(N)N([C@H](COC(=O)CC2(C(F)(F)F)CC2)c2ccc(Cl)c(-n3ncnc3C(F)F)c2)C1=O)C1CC1. The Balaban J connectivity index is 1.28. The Hall–Kier alpha value is -5.00. The Kier molecular flexibility index (Phi) is 9.94. The number of aromatic nitrogens is 5. The van der Waals surface area contributed by atoms with Crippen LogP contribution in [0.15, 0.2) is 66.2 Å². The summed E-state index contributed by atoms with van der Waals surface area (Å²) < 4.78 is 102. The first-order valence-corrected chi connectivity index (χ1v) is 18.1. The van der Waals surface area contributed by atoms with Crippen LogP contribution in [0.3, 0.4) is 0 Å². The number of amides is 1. The number of carbonyl (C=O) groups is 2. The number of nitrogens with zero attached hydrogens (tertiary/aromatic N) is 7. The molecule has 4 aromatic rings. The van der Waals surface area contributed by atoms with Crippen molar-refractivity contribution in [2.24, 2.45) is 27.5 Å². The Morgan fingerprint density at radius 2 is 1.73 bits per heavy atom. The normalized spacial score (nSPS) is 20.2. The van der Waals surface area contributed by atoms with Crippen molar-refractivity contribution in [3.63, 3.8) is 0 Å². The largest absolute Gasteiger partial charge is 0.463 e. The van der Waals surface area contributed by atoms with Crippen LogP contribution < -0.4 is 5.73 Å². The van der Waals surface area contributed by atoms with Gasteiger partial charge in [0.2, 0.25) is 0 Å². The molecule has 0 saturated heterocycles. The molecule has 2 aromatic carbocycles. The number of nitrogens with two attached hydrogens (primary N) is 1. The van der Waals surface area contributed by atoms with E-state index in [4.69, 9.17) is 27.1 Å². The van der Waals surface area contributed by atoms with Gasteiger partial charge in [0.05, 0.1) is 34.8 Å². The van der Waals surface area contributed by atoms with Crippen molar-refractivity contribution in [1.82, 2.24) is 29.4 Å². The summed E-state index contributed by atoms with van der Waals surface area (Å²) in [5, 5.41) is 7.54. The third-order valence-electron chi connectivity index (χ3n) is 11.0. The Morgan fingerprint density at radius 1 is 1.04 bits per heavy atom. The molecule has 3 aliphatic rings. The molecule has 1 aliphatic heterocycles. The van der Waals surface area contributed by atoms with E-state index in [-0.39, 0.29) is 47.4 Å². The minimum atomic E-state index is -4.63. The number of benzene rings is 2. The van der Waals surface area contributed by atoms with E-state index in [1.54, 1.807) is 24.3 Å². The van der Waals surface area contributed by atoms with E-state index in [1.165, 1.54) is 30.6 Å². The molecule has 56 heavy (non-hydrogen) atoms. The molecular weight excluding hydrogens is 773 g/mol. The highest BCUT2D eigenvalue weighted by Crippen LogP contribution is 2.60. The molecular formula is C37H36ClF7N8O3. The van der Waals surface area contributed by atoms with E-state index in [1.807, 2.05) is 13.8 Å². The zero-order valence-corrected chi connectivity index (χ0v) is 30.7. The monoisotopic (exact) mass is 808 g/mol. The molecule has 1 amide bonds. The number of ether oxygens (including phenoxy) is 1. The third-order valence-corrected chi connectivity index (χ3v) is 11.3. The van der Waals surface area contributed by atoms with Crippen LogP contribution in [0.25, 0.3) is 16.8 Å². The quantitative estimate of drug-likeness (QED) is 0.100. The topological polar surface area (TPSA) is 134 Å². The molecule has 2 atom stereocenters. The highest BCUT2D eigenvalue weighted by Gasteiger charge is 2.64. The van der Waals surface area contributed by atoms with Gasteiger partial charge in [-0.2, -0.15) is 32.1 Å². The molecule has 7 rings (SSSR count). The molecule has 2 saturated carbocycles. The van der Waals surface area contributed by atoms with Crippen LogP contribution in [0.5, 0.6) is 0 Å². The van der Waals surface area contributed by atoms with Crippen LogP contribution in [0.2, 0.25) is 5.02 Å². The van der Waals surface area contributed by atoms with Gasteiger partial charge in [-0.25, -0.2) is 28.1 Å². The van der Waals surface area contributed by atoms with Crippen molar-refractivity contribution < 1.29 is 45.1 Å². The maximum Gasteiger partial charge on any atom is 0.395 e. The van der Waals surface area contributed by atoms with Crippen molar-refractivity contribution >= 4 is 29.4 Å². The number of rotatable bonds is 14. The van der Waals surface area contributed by atoms with Crippen LogP contribution in [0, 0.1) is 16.7 Å². The van der Waals surface area contributed by atoms with Crippen molar-refractivity contribution in [2.45, 2.75) is 83.1 Å². The lowest BCUT2D eigenvalue weighted by atomic mass is 9.72. The van der Waals surface area contributed by atoms with Gasteiger partial charge in [-0.1, -0.05) is 55.8 Å². The standard InChI is InChI=1S/C37H36ClF7N8O3/c1-34(2,23-8-9-23)18-36(24-6-3-20(4-7-24)22-15-48-51(16-22)32(41)42)31(55)52(33(46)50-36)27(17-56-28(54)14-35(11-12-35)37(43,44)45)21-5-10-25(38)26(13-21)53-30(29(39)40)47-19-49-53/h3-7,10,13,15-16,19,23,27,29,32H,8-9,11-12,14,17-18H2,1-2H3,(H2,46,50)/t27-,36-/m1/s1. The summed E-state index contributed by atoms with van der Waals surface area (Å²) in [6, 6.07) is 9.29. The zero-order chi connectivity index (χ0) is 40.4. The van der Waals surface area contributed by atoms with Gasteiger partial charge in [-0.15, -0.1) is 0 Å². The molecule has 2 N–H and O–H groups in total. The molecule has 0 radical (unpaired) electrons. The van der Waals surface area contributed by atoms with Gasteiger partial charge in [0.25, 0.3) is 12.3 Å². The second-order valence-corrected chi connectivity index (χ2v) is 15.6. The maximum absolute atomic E-state index is 15.1. The Morgan fingerprint density at radius 3 is 2.32 bits per heavy atom. The van der Waals surface area contributed by atoms with Crippen LogP contribution in [0.4, 0.5) is 30.7 Å². The first-order valence-electron chi connectivity index (χ1n) is 17.7. The fourth-order valence-electron chi connectivity index (χ4n) is 7.52. The predicted molar refractivity (Wildman–Crippen MR) is 188 cm³/mol. The third kappa shape index (κ3) is 7.23. The van der Waals surface area contributed by atoms with Gasteiger partial charge in [-0.05, 0) is 72.3 Å². The average Bonchev–Trinajstić information content (AvgIpc) is 4.01. The number of alkyl halides is 7. The van der Waals surface area contributed by atoms with E-state index < -0.39 is 72.3 Å². The van der Waals surface area contributed by atoms with Crippen molar-refractivity contribution in [3.05, 3.63) is 83.2 Å². The fraction of sp³-hybridized carbons (Fsp3) is 0.459. The predicted octanol–water partition coefficient (Wildman–Crippen LogP) is 8.31. The molecule has 0 spiro atoms. The molecule has 3 heterocycles. The van der Waals surface area contributed by atoms with Gasteiger partial charge in [-0.3, -0.25) is 14.5 Å². The lowest BCUT2D eigenvalue weighted by Gasteiger charge is -2.36. The molecule has 298 valence electrons. The summed E-state index contributed by atoms with van der Waals surface area (Å²) in [5.41, 5.74) is 3.69. The van der Waals surface area contributed by atoms with Crippen LogP contribution in [-0.2, 0) is 19.9 Å². The summed E-state index contributed by atoms with van der Waals surface area (Å²) in [5.74, 6) is -2.60. The lowest BCUT2D eigenvalue weighted by molar-refractivity contribution is -0.195. The number of esters is 1. The number of halogens is 8. The van der Waals surface area contributed by atoms with Gasteiger partial charge >= 0.3 is 18.7 Å². The van der Waals surface area contributed by atoms with Gasteiger partial charge in [0, 0.05) is 11.8 Å². The summed E-state index contributed by atoms with van der Waals surface area (Å²) in [4.78, 5) is 37.7. The number of guanidine groups is 1. The maximum atomic E-state index is 15.1. The molecule has 11 nitrogen and oxygen atoms in total. The van der Waals surface area contributed by atoms with Gasteiger partial charge in [0.15, 0.2) is 17.3 Å². The van der Waals surface area contributed by atoms with Crippen molar-refractivity contribution in [3.8, 4) is 16.8 Å². The molecule has 0 bridgehead atoms. The van der Waals surface area contributed by atoms with Crippen LogP contribution in [0.1, 0.15) is 88.3 Å². The second-order valence-electron chi connectivity index (χ2n) is 15.2. The Bertz CT molecular complexity index is 2160. The van der Waals surface area contributed by atoms with Crippen LogP contribution in [-0.4, -0.2) is 60.1 Å². The zero-order valence-electron chi connectivity index (χ0n) is 30.0. The van der Waals surface area contributed by atoms with E-state index in [2.05, 4.69) is 15.2 Å². The average molecular weight is 809 g/mol. The molecule has 2 aliphatic carbocycles. The van der Waals surface area contributed by atoms with E-state index in [0.717, 1.165) is 28.8 Å². The second kappa shape index (κ2) is 14.2. The number of hydrogen-bond donors (Lipinski definition) is 1. The van der Waals surface area contributed by atoms with Crippen molar-refractivity contribution in [2.75, 3.05) is 6.61 Å². The summed E-state index contributed by atoms with van der Waals surface area (Å²) in [6.07, 6.45) is -3.75. The smallest absolute Gasteiger partial charge is 0.395 e. The number of hydrogen-bond acceptors (Lipinski definition) is 8. The lowest BCUT2D eigenvalue weighted by Crippen LogP contribution is -2.47. The van der Waals surface area contributed by atoms with Crippen LogP contribution >= 0.6 is 11.6 Å². The molecule has 19 heteroatoms. The molecule has 0 unspecified atom stereocenters. The van der Waals surface area contributed by atoms with Crippen molar-refractivity contribution in [1.29, 1.82) is 0 Å². The summed E-state index contributed by atoms with van der Waals surface area (Å²) >= 11 is 6.45. The first-order chi connectivity index (χ1) is 26.4. The fourth-order valence-corrected chi connectivity index (χ4v) is 7.72. The van der Waals surface area contributed by atoms with E-state index in [9.17, 15) is 35.5 Å².